The number of hydrogen-bond acceptors (Lipinski definition) is 3. The van der Waals surface area contributed by atoms with Crippen molar-refractivity contribution in [2.75, 3.05) is 18.4 Å². The van der Waals surface area contributed by atoms with Crippen LogP contribution in [0.2, 0.25) is 0 Å². The number of hydrogen-bond donors (Lipinski definition) is 3. The first-order chi connectivity index (χ1) is 7.43. The number of phenols is 1. The van der Waals surface area contributed by atoms with Gasteiger partial charge in [-0.3, -0.25) is 0 Å². The standard InChI is InChI=1S/C10H13F3N2O/c11-10(12,13)7(5-14)6-15-8-2-1-3-9(16)4-8/h1-4,7,15-16H,5-6,14H2. The molecule has 0 radical (unpaired) electrons. The van der Waals surface area contributed by atoms with E-state index in [1.54, 1.807) is 12.1 Å². The van der Waals surface area contributed by atoms with Gasteiger partial charge in [0.2, 0.25) is 0 Å². The van der Waals surface area contributed by atoms with E-state index >= 15 is 0 Å². The summed E-state index contributed by atoms with van der Waals surface area (Å²) in [5, 5.41) is 11.7. The lowest BCUT2D eigenvalue weighted by atomic mass is 10.1. The third-order valence-electron chi connectivity index (χ3n) is 2.15. The Bertz CT molecular complexity index is 341. The lowest BCUT2D eigenvalue weighted by molar-refractivity contribution is -0.167. The highest BCUT2D eigenvalue weighted by atomic mass is 19.4. The SMILES string of the molecule is NCC(CNc1cccc(O)c1)C(F)(F)F. The Morgan fingerprint density at radius 3 is 2.56 bits per heavy atom. The van der Waals surface area contributed by atoms with E-state index in [9.17, 15) is 13.2 Å². The van der Waals surface area contributed by atoms with Crippen molar-refractivity contribution in [3.63, 3.8) is 0 Å². The molecule has 0 heterocycles. The van der Waals surface area contributed by atoms with Gasteiger partial charge in [-0.2, -0.15) is 13.2 Å². The quantitative estimate of drug-likeness (QED) is 0.746. The first-order valence-corrected chi connectivity index (χ1v) is 4.73. The van der Waals surface area contributed by atoms with Gasteiger partial charge in [-0.05, 0) is 12.1 Å². The van der Waals surface area contributed by atoms with Crippen LogP contribution in [0.25, 0.3) is 0 Å². The van der Waals surface area contributed by atoms with Gasteiger partial charge >= 0.3 is 6.18 Å². The highest BCUT2D eigenvalue weighted by molar-refractivity contribution is 5.47. The predicted molar refractivity (Wildman–Crippen MR) is 55.2 cm³/mol. The molecule has 1 unspecified atom stereocenters. The van der Waals surface area contributed by atoms with Gasteiger partial charge in [-0.25, -0.2) is 0 Å². The number of phenolic OH excluding ortho intramolecular Hbond substituents is 1. The highest BCUT2D eigenvalue weighted by Crippen LogP contribution is 2.26. The molecule has 0 saturated carbocycles. The van der Waals surface area contributed by atoms with Crippen LogP contribution in [-0.2, 0) is 0 Å². The normalized spacial score (nSPS) is 13.5. The zero-order valence-corrected chi connectivity index (χ0v) is 8.46. The van der Waals surface area contributed by atoms with Gasteiger partial charge in [0.15, 0.2) is 0 Å². The van der Waals surface area contributed by atoms with E-state index in [0.717, 1.165) is 0 Å². The summed E-state index contributed by atoms with van der Waals surface area (Å²) in [5.41, 5.74) is 5.48. The number of nitrogens with one attached hydrogen (secondary N) is 1. The number of benzene rings is 1. The molecule has 90 valence electrons. The molecule has 0 bridgehead atoms. The Balaban J connectivity index is 2.56. The average Bonchev–Trinajstić information content (AvgIpc) is 2.16. The predicted octanol–water partition coefficient (Wildman–Crippen LogP) is 1.94. The molecule has 0 saturated heterocycles. The molecule has 0 aliphatic carbocycles. The molecule has 0 amide bonds. The summed E-state index contributed by atoms with van der Waals surface area (Å²) in [6.07, 6.45) is -4.31. The number of halogens is 3. The maximum atomic E-state index is 12.3. The molecule has 1 atom stereocenters. The lowest BCUT2D eigenvalue weighted by Gasteiger charge is -2.19. The summed E-state index contributed by atoms with van der Waals surface area (Å²) < 4.78 is 37.0. The Hall–Kier alpha value is -1.43. The molecule has 0 aliphatic rings. The molecule has 1 aromatic carbocycles. The Morgan fingerprint density at radius 1 is 1.38 bits per heavy atom. The minimum absolute atomic E-state index is 0.00121. The first kappa shape index (κ1) is 12.6. The van der Waals surface area contributed by atoms with E-state index < -0.39 is 18.6 Å². The summed E-state index contributed by atoms with van der Waals surface area (Å²) in [6.45, 7) is -0.765. The monoisotopic (exact) mass is 234 g/mol. The molecular formula is C10H13F3N2O. The van der Waals surface area contributed by atoms with E-state index in [-0.39, 0.29) is 12.3 Å². The zero-order valence-electron chi connectivity index (χ0n) is 8.46. The fraction of sp³-hybridized carbons (Fsp3) is 0.400. The van der Waals surface area contributed by atoms with Crippen LogP contribution in [0, 0.1) is 5.92 Å². The Morgan fingerprint density at radius 2 is 2.06 bits per heavy atom. The third kappa shape index (κ3) is 3.62. The summed E-state index contributed by atoms with van der Waals surface area (Å²) in [4.78, 5) is 0. The van der Waals surface area contributed by atoms with Gasteiger partial charge in [0.1, 0.15) is 5.75 Å². The van der Waals surface area contributed by atoms with Crippen molar-refractivity contribution >= 4 is 5.69 Å². The minimum atomic E-state index is -4.31. The van der Waals surface area contributed by atoms with Gasteiger partial charge < -0.3 is 16.2 Å². The van der Waals surface area contributed by atoms with Crippen LogP contribution in [-0.4, -0.2) is 24.4 Å². The van der Waals surface area contributed by atoms with E-state index in [1.807, 2.05) is 0 Å². The molecule has 0 spiro atoms. The fourth-order valence-electron chi connectivity index (χ4n) is 1.19. The van der Waals surface area contributed by atoms with Crippen molar-refractivity contribution in [3.8, 4) is 5.75 Å². The van der Waals surface area contributed by atoms with Crippen LogP contribution in [0.5, 0.6) is 5.75 Å². The molecular weight excluding hydrogens is 221 g/mol. The summed E-state index contributed by atoms with van der Waals surface area (Å²) >= 11 is 0. The van der Waals surface area contributed by atoms with Crippen molar-refractivity contribution in [3.05, 3.63) is 24.3 Å². The van der Waals surface area contributed by atoms with Gasteiger partial charge in [-0.15, -0.1) is 0 Å². The van der Waals surface area contributed by atoms with E-state index in [1.165, 1.54) is 12.1 Å². The van der Waals surface area contributed by atoms with Crippen LogP contribution < -0.4 is 11.1 Å². The average molecular weight is 234 g/mol. The topological polar surface area (TPSA) is 58.3 Å². The Labute approximate surface area is 91.1 Å². The fourth-order valence-corrected chi connectivity index (χ4v) is 1.19. The molecule has 1 aromatic rings. The second-order valence-electron chi connectivity index (χ2n) is 3.41. The van der Waals surface area contributed by atoms with Crippen molar-refractivity contribution in [2.24, 2.45) is 11.7 Å². The van der Waals surface area contributed by atoms with Crippen LogP contribution in [0.4, 0.5) is 18.9 Å². The zero-order chi connectivity index (χ0) is 12.2. The molecule has 4 N–H and O–H groups in total. The number of rotatable bonds is 4. The van der Waals surface area contributed by atoms with E-state index in [2.05, 4.69) is 5.32 Å². The van der Waals surface area contributed by atoms with Crippen LogP contribution in [0.15, 0.2) is 24.3 Å². The lowest BCUT2D eigenvalue weighted by Crippen LogP contribution is -2.35. The van der Waals surface area contributed by atoms with Crippen LogP contribution >= 0.6 is 0 Å². The van der Waals surface area contributed by atoms with Gasteiger partial charge in [0.05, 0.1) is 5.92 Å². The molecule has 16 heavy (non-hydrogen) atoms. The largest absolute Gasteiger partial charge is 0.508 e. The first-order valence-electron chi connectivity index (χ1n) is 4.73. The second kappa shape index (κ2) is 5.07. The van der Waals surface area contributed by atoms with Crippen molar-refractivity contribution in [1.29, 1.82) is 0 Å². The Kier molecular flexibility index (Phi) is 4.00. The molecule has 0 aromatic heterocycles. The van der Waals surface area contributed by atoms with Gasteiger partial charge in [-0.1, -0.05) is 6.07 Å². The second-order valence-corrected chi connectivity index (χ2v) is 3.41. The van der Waals surface area contributed by atoms with Gasteiger partial charge in [0, 0.05) is 24.8 Å². The number of alkyl halides is 3. The number of anilines is 1. The third-order valence-corrected chi connectivity index (χ3v) is 2.15. The van der Waals surface area contributed by atoms with Crippen molar-refractivity contribution in [1.82, 2.24) is 0 Å². The maximum absolute atomic E-state index is 12.3. The molecule has 0 fully saturated rings. The smallest absolute Gasteiger partial charge is 0.394 e. The van der Waals surface area contributed by atoms with Crippen LogP contribution in [0.3, 0.4) is 0 Å². The van der Waals surface area contributed by atoms with E-state index in [4.69, 9.17) is 10.8 Å². The number of nitrogens with two attached hydrogens (primary N) is 1. The summed E-state index contributed by atoms with van der Waals surface area (Å²) in [5.74, 6) is -1.59. The molecule has 0 aliphatic heterocycles. The van der Waals surface area contributed by atoms with E-state index in [0.29, 0.717) is 5.69 Å². The van der Waals surface area contributed by atoms with Crippen molar-refractivity contribution in [2.45, 2.75) is 6.18 Å². The maximum Gasteiger partial charge on any atom is 0.394 e. The van der Waals surface area contributed by atoms with Gasteiger partial charge in [0.25, 0.3) is 0 Å². The molecule has 6 heteroatoms. The number of aromatic hydroxyl groups is 1. The van der Waals surface area contributed by atoms with Crippen molar-refractivity contribution < 1.29 is 18.3 Å². The summed E-state index contributed by atoms with van der Waals surface area (Å²) in [6, 6.07) is 5.91. The minimum Gasteiger partial charge on any atom is -0.508 e. The molecule has 1 rings (SSSR count). The molecule has 3 nitrogen and oxygen atoms in total. The summed E-state index contributed by atoms with van der Waals surface area (Å²) in [7, 11) is 0. The highest BCUT2D eigenvalue weighted by Gasteiger charge is 2.38. The van der Waals surface area contributed by atoms with Crippen LogP contribution in [0.1, 0.15) is 0 Å².